The Balaban J connectivity index is 1.24. The number of halogens is 2. The van der Waals surface area contributed by atoms with Crippen molar-refractivity contribution in [3.05, 3.63) is 54.3 Å². The van der Waals surface area contributed by atoms with E-state index in [2.05, 4.69) is 20.1 Å². The highest BCUT2D eigenvalue weighted by atomic mass is 19.1. The lowest BCUT2D eigenvalue weighted by Gasteiger charge is -2.34. The minimum absolute atomic E-state index is 0.0741. The van der Waals surface area contributed by atoms with Gasteiger partial charge in [-0.3, -0.25) is 4.90 Å². The van der Waals surface area contributed by atoms with Gasteiger partial charge in [-0.25, -0.2) is 8.78 Å². The first-order chi connectivity index (χ1) is 20.0. The largest absolute Gasteiger partial charge is 0.508 e. The van der Waals surface area contributed by atoms with Crippen LogP contribution in [0.25, 0.3) is 32.8 Å². The van der Waals surface area contributed by atoms with Crippen molar-refractivity contribution in [1.82, 2.24) is 20.2 Å². The Morgan fingerprint density at radius 1 is 1.00 bits per heavy atom. The molecule has 7 nitrogen and oxygen atoms in total. The summed E-state index contributed by atoms with van der Waals surface area (Å²) in [6, 6.07) is 15.4. The van der Waals surface area contributed by atoms with Gasteiger partial charge in [-0.1, -0.05) is 30.3 Å². The molecular formula is C32H33F2N5O2. The van der Waals surface area contributed by atoms with Crippen molar-refractivity contribution in [2.45, 2.75) is 55.9 Å². The van der Waals surface area contributed by atoms with Crippen LogP contribution in [0.5, 0.6) is 11.8 Å². The van der Waals surface area contributed by atoms with Gasteiger partial charge in [-0.15, -0.1) is 0 Å². The number of hydrogen-bond acceptors (Lipinski definition) is 7. The van der Waals surface area contributed by atoms with Crippen molar-refractivity contribution in [3.8, 4) is 22.9 Å². The molecule has 212 valence electrons. The fourth-order valence-corrected chi connectivity index (χ4v) is 7.77. The van der Waals surface area contributed by atoms with Crippen LogP contribution >= 0.6 is 0 Å². The molecule has 1 aromatic heterocycles. The molecule has 2 bridgehead atoms. The monoisotopic (exact) mass is 557 g/mol. The molecule has 4 aliphatic rings. The lowest BCUT2D eigenvalue weighted by Crippen LogP contribution is -2.51. The van der Waals surface area contributed by atoms with Gasteiger partial charge in [0.15, 0.2) is 5.82 Å². The fourth-order valence-electron chi connectivity index (χ4n) is 7.77. The van der Waals surface area contributed by atoms with Crippen molar-refractivity contribution in [2.75, 3.05) is 37.7 Å². The van der Waals surface area contributed by atoms with Gasteiger partial charge >= 0.3 is 6.01 Å². The van der Waals surface area contributed by atoms with Crippen LogP contribution in [0.1, 0.15) is 32.1 Å². The number of alkyl halides is 1. The maximum atomic E-state index is 16.6. The molecule has 2 N–H and O–H groups in total. The van der Waals surface area contributed by atoms with Gasteiger partial charge in [-0.05, 0) is 66.8 Å². The van der Waals surface area contributed by atoms with Crippen LogP contribution in [0.15, 0.2) is 48.5 Å². The number of ether oxygens (including phenoxy) is 1. The molecule has 0 radical (unpaired) electrons. The number of phenols is 1. The lowest BCUT2D eigenvalue weighted by molar-refractivity contribution is 0.107. The third-order valence-corrected chi connectivity index (χ3v) is 9.65. The molecule has 0 spiro atoms. The van der Waals surface area contributed by atoms with Crippen molar-refractivity contribution in [3.63, 3.8) is 0 Å². The quantitative estimate of drug-likeness (QED) is 0.350. The molecule has 8 rings (SSSR count). The number of hydrogen-bond donors (Lipinski definition) is 2. The van der Waals surface area contributed by atoms with Crippen molar-refractivity contribution >= 4 is 27.5 Å². The van der Waals surface area contributed by atoms with E-state index in [9.17, 15) is 9.50 Å². The van der Waals surface area contributed by atoms with Gasteiger partial charge in [0.2, 0.25) is 0 Å². The Morgan fingerprint density at radius 3 is 2.68 bits per heavy atom. The third kappa shape index (κ3) is 4.20. The summed E-state index contributed by atoms with van der Waals surface area (Å²) in [4.78, 5) is 13.9. The number of rotatable bonds is 5. The Bertz CT molecular complexity index is 1650. The van der Waals surface area contributed by atoms with Crippen LogP contribution in [-0.4, -0.2) is 76.6 Å². The second-order valence-corrected chi connectivity index (χ2v) is 12.3. The standard InChI is InChI=1S/C32H33F2N5O2/c33-20-14-32(10-3-11-39(32)15-20)18-41-31-36-29-26(30(37-31)38-16-21-6-7-22(17-38)35-21)9-8-25(28(29)34)27-13-23(40)12-19-4-1-2-5-24(19)27/h1-2,4-5,8-9,12-13,20-22,35,40H,3,6-7,10-11,14-18H2/t20?,21?,22?,32-/m0/s1. The first-order valence-corrected chi connectivity index (χ1v) is 14.7. The highest BCUT2D eigenvalue weighted by Crippen LogP contribution is 2.42. The molecule has 4 aliphatic heterocycles. The molecule has 0 amide bonds. The van der Waals surface area contributed by atoms with Gasteiger partial charge in [-0.2, -0.15) is 9.97 Å². The molecule has 4 fully saturated rings. The highest BCUT2D eigenvalue weighted by Gasteiger charge is 2.49. The van der Waals surface area contributed by atoms with Crippen LogP contribution in [0, 0.1) is 5.82 Å². The van der Waals surface area contributed by atoms with Crippen LogP contribution < -0.4 is 15.0 Å². The van der Waals surface area contributed by atoms with E-state index < -0.39 is 12.0 Å². The van der Waals surface area contributed by atoms with E-state index >= 15 is 4.39 Å². The number of anilines is 1. The second-order valence-electron chi connectivity index (χ2n) is 12.3. The Labute approximate surface area is 237 Å². The number of aromatic hydroxyl groups is 1. The number of phenolic OH excluding ortho intramolecular Hbond substituents is 1. The van der Waals surface area contributed by atoms with Gasteiger partial charge in [0.05, 0.1) is 5.54 Å². The number of fused-ring (bicyclic) bond motifs is 5. The average molecular weight is 558 g/mol. The predicted octanol–water partition coefficient (Wildman–Crippen LogP) is 5.19. The van der Waals surface area contributed by atoms with Crippen molar-refractivity contribution in [1.29, 1.82) is 0 Å². The summed E-state index contributed by atoms with van der Waals surface area (Å²) in [5, 5.41) is 16.4. The summed E-state index contributed by atoms with van der Waals surface area (Å²) < 4.78 is 37.3. The van der Waals surface area contributed by atoms with Gasteiger partial charge in [0.1, 0.15) is 29.9 Å². The van der Waals surface area contributed by atoms with Gasteiger partial charge in [0.25, 0.3) is 0 Å². The SMILES string of the molecule is Oc1cc(-c2ccc3c(N4CC5CCC(C4)N5)nc(OC[C@@]45CCCN4CC(F)C5)nc3c2F)c2ccccc2c1. The van der Waals surface area contributed by atoms with Crippen LogP contribution in [0.4, 0.5) is 14.6 Å². The molecule has 4 saturated heterocycles. The van der Waals surface area contributed by atoms with E-state index in [-0.39, 0.29) is 29.4 Å². The Kier molecular flexibility index (Phi) is 5.83. The fraction of sp³-hybridized carbons (Fsp3) is 0.438. The van der Waals surface area contributed by atoms with Gasteiger partial charge < -0.3 is 20.1 Å². The van der Waals surface area contributed by atoms with Crippen LogP contribution in [0.2, 0.25) is 0 Å². The number of nitrogens with one attached hydrogen (secondary N) is 1. The molecule has 0 aliphatic carbocycles. The maximum Gasteiger partial charge on any atom is 0.319 e. The number of nitrogens with zero attached hydrogens (tertiary/aromatic N) is 4. The molecule has 4 aromatic rings. The van der Waals surface area contributed by atoms with E-state index in [0.29, 0.717) is 47.4 Å². The van der Waals surface area contributed by atoms with Crippen LogP contribution in [-0.2, 0) is 0 Å². The minimum Gasteiger partial charge on any atom is -0.508 e. The van der Waals surface area contributed by atoms with E-state index in [1.807, 2.05) is 30.3 Å². The Morgan fingerprint density at radius 2 is 1.83 bits per heavy atom. The average Bonchev–Trinajstić information content (AvgIpc) is 3.61. The summed E-state index contributed by atoms with van der Waals surface area (Å²) in [6.07, 6.45) is 3.69. The molecule has 0 saturated carbocycles. The molecule has 3 aromatic carbocycles. The van der Waals surface area contributed by atoms with E-state index in [1.165, 1.54) is 0 Å². The molecule has 9 heteroatoms. The number of aromatic nitrogens is 2. The molecular weight excluding hydrogens is 524 g/mol. The van der Waals surface area contributed by atoms with Crippen LogP contribution in [0.3, 0.4) is 0 Å². The first-order valence-electron chi connectivity index (χ1n) is 14.7. The Hall–Kier alpha value is -3.56. The summed E-state index contributed by atoms with van der Waals surface area (Å²) in [5.74, 6) is 0.269. The normalized spacial score (nSPS) is 27.7. The van der Waals surface area contributed by atoms with Crippen molar-refractivity contribution < 1.29 is 18.6 Å². The minimum atomic E-state index is -0.861. The van der Waals surface area contributed by atoms with Gasteiger partial charge in [0, 0.05) is 49.1 Å². The zero-order chi connectivity index (χ0) is 27.7. The van der Waals surface area contributed by atoms with Crippen molar-refractivity contribution in [2.24, 2.45) is 0 Å². The molecule has 41 heavy (non-hydrogen) atoms. The molecule has 3 unspecified atom stereocenters. The summed E-state index contributed by atoms with van der Waals surface area (Å²) in [7, 11) is 0. The summed E-state index contributed by atoms with van der Waals surface area (Å²) in [6.45, 7) is 3.15. The van der Waals surface area contributed by atoms with E-state index in [4.69, 9.17) is 9.72 Å². The lowest BCUT2D eigenvalue weighted by atomic mass is 9.95. The third-order valence-electron chi connectivity index (χ3n) is 9.65. The zero-order valence-corrected chi connectivity index (χ0v) is 22.8. The number of benzene rings is 3. The summed E-state index contributed by atoms with van der Waals surface area (Å²) >= 11 is 0. The molecule has 5 heterocycles. The molecule has 4 atom stereocenters. The van der Waals surface area contributed by atoms with E-state index in [1.54, 1.807) is 18.2 Å². The smallest absolute Gasteiger partial charge is 0.319 e. The summed E-state index contributed by atoms with van der Waals surface area (Å²) in [5.41, 5.74) is 0.796. The highest BCUT2D eigenvalue weighted by molar-refractivity contribution is 6.01. The second kappa shape index (κ2) is 9.49. The zero-order valence-electron chi connectivity index (χ0n) is 22.8. The predicted molar refractivity (Wildman–Crippen MR) is 155 cm³/mol. The number of piperazine rings is 1. The van der Waals surface area contributed by atoms with E-state index in [0.717, 1.165) is 56.1 Å². The first kappa shape index (κ1) is 25.2. The topological polar surface area (TPSA) is 73.8 Å². The maximum absolute atomic E-state index is 16.6.